The van der Waals surface area contributed by atoms with E-state index in [2.05, 4.69) is 26.5 Å². The molecule has 1 aromatic heterocycles. The van der Waals surface area contributed by atoms with Crippen LogP contribution in [0.5, 0.6) is 11.5 Å². The number of rotatable bonds is 5. The highest BCUT2D eigenvalue weighted by atomic mass is 32.1. The summed E-state index contributed by atoms with van der Waals surface area (Å²) < 4.78 is 10.2. The number of para-hydroxylation sites is 1. The van der Waals surface area contributed by atoms with Crippen molar-refractivity contribution in [2.75, 3.05) is 24.5 Å². The molecule has 2 heterocycles. The molecule has 1 aliphatic rings. The minimum atomic E-state index is -0.846. The first-order valence-corrected chi connectivity index (χ1v) is 9.79. The molecule has 4 rings (SSSR count). The van der Waals surface area contributed by atoms with Crippen molar-refractivity contribution in [1.29, 1.82) is 0 Å². The van der Waals surface area contributed by atoms with Gasteiger partial charge in [-0.15, -0.1) is 0 Å². The lowest BCUT2D eigenvalue weighted by molar-refractivity contribution is 0.211. The summed E-state index contributed by atoms with van der Waals surface area (Å²) >= 11 is 1.34. The Labute approximate surface area is 162 Å². The summed E-state index contributed by atoms with van der Waals surface area (Å²) in [7, 11) is 0. The smallest absolute Gasteiger partial charge is 0.205 e. The van der Waals surface area contributed by atoms with Crippen molar-refractivity contribution in [2.24, 2.45) is 0 Å². The summed E-state index contributed by atoms with van der Waals surface area (Å²) in [4.78, 5) is 6.77. The average Bonchev–Trinajstić information content (AvgIpc) is 3.19. The number of aliphatic hydroxyl groups is 1. The number of aliphatic hydroxyl groups excluding tert-OH is 1. The Morgan fingerprint density at radius 3 is 2.63 bits per heavy atom. The Bertz CT molecular complexity index is 869. The first-order valence-electron chi connectivity index (χ1n) is 9.02. The quantitative estimate of drug-likeness (QED) is 0.706. The molecule has 0 spiro atoms. The number of ether oxygens (including phenoxy) is 1. The molecule has 1 saturated heterocycles. The van der Waals surface area contributed by atoms with Crippen molar-refractivity contribution in [1.82, 2.24) is 14.7 Å². The van der Waals surface area contributed by atoms with Gasteiger partial charge < -0.3 is 20.1 Å². The Balaban J connectivity index is 1.44. The zero-order valence-electron chi connectivity index (χ0n) is 15.1. The van der Waals surface area contributed by atoms with Gasteiger partial charge in [0, 0.05) is 37.2 Å². The van der Waals surface area contributed by atoms with Gasteiger partial charge in [0.1, 0.15) is 17.6 Å². The van der Waals surface area contributed by atoms with Gasteiger partial charge in [-0.05, 0) is 36.8 Å². The maximum absolute atomic E-state index is 10.6. The number of nitrogens with zero attached hydrogens (tertiary/aromatic N) is 3. The first kappa shape index (κ1) is 17.9. The molecule has 2 aromatic carbocycles. The summed E-state index contributed by atoms with van der Waals surface area (Å²) in [5.74, 6) is 1.94. The fraction of sp³-hybridized carbons (Fsp3) is 0.300. The first-order chi connectivity index (χ1) is 13.2. The maximum atomic E-state index is 10.6. The van der Waals surface area contributed by atoms with Gasteiger partial charge >= 0.3 is 0 Å². The number of piperazine rings is 1. The highest BCUT2D eigenvalue weighted by molar-refractivity contribution is 7.09. The van der Waals surface area contributed by atoms with E-state index >= 15 is 0 Å². The van der Waals surface area contributed by atoms with Crippen molar-refractivity contribution in [3.63, 3.8) is 0 Å². The van der Waals surface area contributed by atoms with E-state index in [-0.39, 0.29) is 0 Å². The lowest BCUT2D eigenvalue weighted by Crippen LogP contribution is -2.49. The average molecular weight is 382 g/mol. The minimum Gasteiger partial charge on any atom is -0.457 e. The Morgan fingerprint density at radius 2 is 1.89 bits per heavy atom. The number of hydrogen-bond donors (Lipinski definition) is 2. The van der Waals surface area contributed by atoms with Crippen molar-refractivity contribution in [3.8, 4) is 11.5 Å². The second kappa shape index (κ2) is 8.04. The maximum Gasteiger partial charge on any atom is 0.205 e. The summed E-state index contributed by atoms with van der Waals surface area (Å²) in [6.45, 7) is 4.89. The number of hydrogen-bond acceptors (Lipinski definition) is 7. The van der Waals surface area contributed by atoms with Gasteiger partial charge in [-0.2, -0.15) is 4.37 Å². The minimum absolute atomic E-state index is 0.424. The molecule has 2 N–H and O–H groups in total. The van der Waals surface area contributed by atoms with Crippen molar-refractivity contribution < 1.29 is 9.84 Å². The lowest BCUT2D eigenvalue weighted by atomic mass is 10.1. The van der Waals surface area contributed by atoms with E-state index in [0.717, 1.165) is 41.8 Å². The van der Waals surface area contributed by atoms with Gasteiger partial charge in [-0.25, -0.2) is 4.98 Å². The van der Waals surface area contributed by atoms with Crippen molar-refractivity contribution in [3.05, 3.63) is 66.0 Å². The second-order valence-electron chi connectivity index (χ2n) is 6.62. The summed E-state index contributed by atoms with van der Waals surface area (Å²) in [5, 5.41) is 14.9. The van der Waals surface area contributed by atoms with Crippen molar-refractivity contribution >= 4 is 16.7 Å². The molecule has 7 heteroatoms. The van der Waals surface area contributed by atoms with E-state index in [1.54, 1.807) is 0 Å². The molecule has 0 aliphatic carbocycles. The molecule has 3 aromatic rings. The number of benzene rings is 2. The number of anilines is 1. The van der Waals surface area contributed by atoms with Crippen LogP contribution in [-0.4, -0.2) is 40.1 Å². The van der Waals surface area contributed by atoms with E-state index in [0.29, 0.717) is 11.9 Å². The molecule has 2 unspecified atom stereocenters. The van der Waals surface area contributed by atoms with Crippen LogP contribution in [0.1, 0.15) is 24.4 Å². The molecular formula is C20H22N4O2S. The SMILES string of the molecule is CC1CN(c2nc(C(O)c3ccc(Oc4ccccc4)cc3)ns2)CCN1. The van der Waals surface area contributed by atoms with Crippen LogP contribution >= 0.6 is 11.5 Å². The lowest BCUT2D eigenvalue weighted by Gasteiger charge is -2.31. The van der Waals surface area contributed by atoms with Crippen LogP contribution < -0.4 is 15.0 Å². The Morgan fingerprint density at radius 1 is 1.15 bits per heavy atom. The van der Waals surface area contributed by atoms with Crippen LogP contribution in [0, 0.1) is 0 Å². The Hall–Kier alpha value is -2.48. The molecule has 0 radical (unpaired) electrons. The molecule has 1 fully saturated rings. The summed E-state index contributed by atoms with van der Waals surface area (Å²) in [6.07, 6.45) is -0.846. The van der Waals surface area contributed by atoms with Crippen LogP contribution in [0.25, 0.3) is 0 Å². The fourth-order valence-corrected chi connectivity index (χ4v) is 3.80. The highest BCUT2D eigenvalue weighted by Gasteiger charge is 2.22. The molecule has 6 nitrogen and oxygen atoms in total. The van der Waals surface area contributed by atoms with Gasteiger partial charge in [0.15, 0.2) is 5.82 Å². The highest BCUT2D eigenvalue weighted by Crippen LogP contribution is 2.28. The fourth-order valence-electron chi connectivity index (χ4n) is 3.06. The summed E-state index contributed by atoms with van der Waals surface area (Å²) in [5.41, 5.74) is 0.744. The number of aromatic nitrogens is 2. The molecule has 2 atom stereocenters. The van der Waals surface area contributed by atoms with E-state index in [4.69, 9.17) is 4.74 Å². The topological polar surface area (TPSA) is 70.5 Å². The largest absolute Gasteiger partial charge is 0.457 e. The van der Waals surface area contributed by atoms with Crippen LogP contribution in [0.15, 0.2) is 54.6 Å². The van der Waals surface area contributed by atoms with Gasteiger partial charge in [0.2, 0.25) is 5.13 Å². The van der Waals surface area contributed by atoms with E-state index < -0.39 is 6.10 Å². The monoisotopic (exact) mass is 382 g/mol. The van der Waals surface area contributed by atoms with Gasteiger partial charge in [0.05, 0.1) is 0 Å². The van der Waals surface area contributed by atoms with Crippen LogP contribution in [0.3, 0.4) is 0 Å². The molecule has 1 aliphatic heterocycles. The predicted octanol–water partition coefficient (Wildman–Crippen LogP) is 3.21. The molecular weight excluding hydrogens is 360 g/mol. The van der Waals surface area contributed by atoms with E-state index in [1.807, 2.05) is 54.6 Å². The third-order valence-electron chi connectivity index (χ3n) is 4.49. The normalized spacial score (nSPS) is 18.3. The van der Waals surface area contributed by atoms with Gasteiger partial charge in [0.25, 0.3) is 0 Å². The molecule has 27 heavy (non-hydrogen) atoms. The second-order valence-corrected chi connectivity index (χ2v) is 7.35. The molecule has 0 bridgehead atoms. The van der Waals surface area contributed by atoms with Gasteiger partial charge in [-0.1, -0.05) is 30.3 Å². The van der Waals surface area contributed by atoms with Crippen molar-refractivity contribution in [2.45, 2.75) is 19.1 Å². The molecule has 0 amide bonds. The molecule has 140 valence electrons. The Kier molecular flexibility index (Phi) is 5.33. The standard InChI is InChI=1S/C20H22N4O2S/c1-14-13-24(12-11-21-14)20-22-19(23-27-20)18(25)15-7-9-17(10-8-15)26-16-5-3-2-4-6-16/h2-10,14,18,21,25H,11-13H2,1H3. The van der Waals surface area contributed by atoms with E-state index in [9.17, 15) is 5.11 Å². The third-order valence-corrected chi connectivity index (χ3v) is 5.28. The third kappa shape index (κ3) is 4.27. The van der Waals surface area contributed by atoms with E-state index in [1.165, 1.54) is 11.5 Å². The van der Waals surface area contributed by atoms with Crippen LogP contribution in [-0.2, 0) is 0 Å². The van der Waals surface area contributed by atoms with Crippen LogP contribution in [0.4, 0.5) is 5.13 Å². The number of nitrogens with one attached hydrogen (secondary N) is 1. The van der Waals surface area contributed by atoms with Crippen LogP contribution in [0.2, 0.25) is 0 Å². The predicted molar refractivity (Wildman–Crippen MR) is 107 cm³/mol. The summed E-state index contributed by atoms with van der Waals surface area (Å²) in [6, 6.07) is 17.4. The van der Waals surface area contributed by atoms with Gasteiger partial charge in [-0.3, -0.25) is 0 Å². The zero-order valence-corrected chi connectivity index (χ0v) is 15.9. The zero-order chi connectivity index (χ0) is 18.6. The molecule has 0 saturated carbocycles.